The lowest BCUT2D eigenvalue weighted by Crippen LogP contribution is -2.31. The fraction of sp³-hybridized carbons (Fsp3) is 0.417. The van der Waals surface area contributed by atoms with Crippen LogP contribution >= 0.6 is 11.6 Å². The van der Waals surface area contributed by atoms with Crippen LogP contribution in [-0.4, -0.2) is 11.3 Å². The van der Waals surface area contributed by atoms with Crippen LogP contribution in [0.2, 0.25) is 0 Å². The van der Waals surface area contributed by atoms with Crippen molar-refractivity contribution in [1.82, 2.24) is 5.32 Å². The first kappa shape index (κ1) is 12.1. The maximum absolute atomic E-state index is 11.4. The molecule has 1 N–H and O–H groups in total. The molecule has 0 bridgehead atoms. The van der Waals surface area contributed by atoms with E-state index in [1.165, 1.54) is 5.56 Å². The Labute approximate surface area is 95.6 Å². The largest absolute Gasteiger partial charge is 0.348 e. The fourth-order valence-electron chi connectivity index (χ4n) is 1.35. The quantitative estimate of drug-likeness (QED) is 0.788. The van der Waals surface area contributed by atoms with Gasteiger partial charge in [-0.3, -0.25) is 4.79 Å². The summed E-state index contributed by atoms with van der Waals surface area (Å²) in [5, 5.41) is 2.36. The lowest BCUT2D eigenvalue weighted by atomic mass is 10.1. The van der Waals surface area contributed by atoms with E-state index in [2.05, 4.69) is 11.4 Å². The zero-order valence-corrected chi connectivity index (χ0v) is 10.0. The van der Waals surface area contributed by atoms with Gasteiger partial charge in [-0.2, -0.15) is 0 Å². The van der Waals surface area contributed by atoms with Crippen molar-refractivity contribution in [2.75, 3.05) is 0 Å². The summed E-state index contributed by atoms with van der Waals surface area (Å²) in [6.45, 7) is 5.65. The van der Waals surface area contributed by atoms with Crippen LogP contribution in [-0.2, 0) is 4.79 Å². The predicted molar refractivity (Wildman–Crippen MR) is 63.1 cm³/mol. The molecule has 1 unspecified atom stereocenters. The van der Waals surface area contributed by atoms with Crippen molar-refractivity contribution >= 4 is 17.5 Å². The molecule has 0 aromatic heterocycles. The number of rotatable bonds is 3. The van der Waals surface area contributed by atoms with Crippen LogP contribution in [0.15, 0.2) is 24.3 Å². The molecule has 1 amide bonds. The first-order chi connectivity index (χ1) is 7.00. The van der Waals surface area contributed by atoms with Gasteiger partial charge in [-0.15, -0.1) is 11.6 Å². The molecule has 0 radical (unpaired) electrons. The average molecular weight is 226 g/mol. The highest BCUT2D eigenvalue weighted by atomic mass is 35.5. The van der Waals surface area contributed by atoms with E-state index in [0.29, 0.717) is 0 Å². The van der Waals surface area contributed by atoms with Crippen LogP contribution in [0.1, 0.15) is 31.0 Å². The summed E-state index contributed by atoms with van der Waals surface area (Å²) < 4.78 is 0. The maximum Gasteiger partial charge on any atom is 0.238 e. The molecular weight excluding hydrogens is 210 g/mol. The van der Waals surface area contributed by atoms with Gasteiger partial charge in [0.2, 0.25) is 5.91 Å². The Morgan fingerprint density at radius 2 is 2.07 bits per heavy atom. The van der Waals surface area contributed by atoms with Gasteiger partial charge in [-0.05, 0) is 26.3 Å². The summed E-state index contributed by atoms with van der Waals surface area (Å²) in [4.78, 5) is 11.4. The molecular formula is C12H16ClNO. The van der Waals surface area contributed by atoms with E-state index in [1.807, 2.05) is 32.0 Å². The van der Waals surface area contributed by atoms with E-state index < -0.39 is 5.38 Å². The van der Waals surface area contributed by atoms with E-state index in [9.17, 15) is 4.79 Å². The summed E-state index contributed by atoms with van der Waals surface area (Å²) in [5.74, 6) is -0.134. The van der Waals surface area contributed by atoms with Crippen LogP contribution in [0.4, 0.5) is 0 Å². The van der Waals surface area contributed by atoms with Crippen LogP contribution < -0.4 is 5.32 Å². The number of hydrogen-bond donors (Lipinski definition) is 1. The normalized spacial score (nSPS) is 14.4. The molecule has 0 aliphatic carbocycles. The highest BCUT2D eigenvalue weighted by Crippen LogP contribution is 2.14. The SMILES string of the molecule is Cc1cccc([C@@H](C)NC(=O)C(C)Cl)c1. The smallest absolute Gasteiger partial charge is 0.238 e. The van der Waals surface area contributed by atoms with Gasteiger partial charge in [0.15, 0.2) is 0 Å². The van der Waals surface area contributed by atoms with Crippen molar-refractivity contribution in [3.05, 3.63) is 35.4 Å². The van der Waals surface area contributed by atoms with Crippen molar-refractivity contribution in [2.45, 2.75) is 32.2 Å². The molecule has 1 rings (SSSR count). The van der Waals surface area contributed by atoms with Crippen molar-refractivity contribution in [3.8, 4) is 0 Å². The number of benzene rings is 1. The summed E-state index contributed by atoms with van der Waals surface area (Å²) >= 11 is 5.68. The third-order valence-electron chi connectivity index (χ3n) is 2.26. The van der Waals surface area contributed by atoms with Gasteiger partial charge in [0.1, 0.15) is 5.38 Å². The summed E-state index contributed by atoms with van der Waals surface area (Å²) in [5.41, 5.74) is 2.29. The van der Waals surface area contributed by atoms with Crippen LogP contribution in [0.25, 0.3) is 0 Å². The van der Waals surface area contributed by atoms with E-state index in [-0.39, 0.29) is 11.9 Å². The number of carbonyl (C=O) groups is 1. The highest BCUT2D eigenvalue weighted by molar-refractivity contribution is 6.30. The standard InChI is InChI=1S/C12H16ClNO/c1-8-5-4-6-11(7-8)10(3)14-12(15)9(2)13/h4-7,9-10H,1-3H3,(H,14,15)/t9?,10-/m1/s1. The number of nitrogens with one attached hydrogen (secondary N) is 1. The zero-order chi connectivity index (χ0) is 11.4. The zero-order valence-electron chi connectivity index (χ0n) is 9.25. The minimum absolute atomic E-state index is 0.00130. The third-order valence-corrected chi connectivity index (χ3v) is 2.46. The minimum Gasteiger partial charge on any atom is -0.348 e. The van der Waals surface area contributed by atoms with E-state index in [4.69, 9.17) is 11.6 Å². The minimum atomic E-state index is -0.489. The van der Waals surface area contributed by atoms with Crippen LogP contribution in [0, 0.1) is 6.92 Å². The summed E-state index contributed by atoms with van der Waals surface area (Å²) in [6.07, 6.45) is 0. The Kier molecular flexibility index (Phi) is 4.15. The Bertz CT molecular complexity index is 349. The number of halogens is 1. The third kappa shape index (κ3) is 3.56. The van der Waals surface area contributed by atoms with E-state index >= 15 is 0 Å². The van der Waals surface area contributed by atoms with Crippen molar-refractivity contribution in [3.63, 3.8) is 0 Å². The molecule has 0 spiro atoms. The topological polar surface area (TPSA) is 29.1 Å². The molecule has 0 heterocycles. The molecule has 2 atom stereocenters. The average Bonchev–Trinajstić information content (AvgIpc) is 2.17. The first-order valence-corrected chi connectivity index (χ1v) is 5.45. The molecule has 15 heavy (non-hydrogen) atoms. The number of hydrogen-bond acceptors (Lipinski definition) is 1. The maximum atomic E-state index is 11.4. The second kappa shape index (κ2) is 5.17. The predicted octanol–water partition coefficient (Wildman–Crippen LogP) is 2.80. The van der Waals surface area contributed by atoms with Gasteiger partial charge in [-0.1, -0.05) is 29.8 Å². The second-order valence-electron chi connectivity index (χ2n) is 3.76. The lowest BCUT2D eigenvalue weighted by molar-refractivity contribution is -0.121. The van der Waals surface area contributed by atoms with E-state index in [0.717, 1.165) is 5.56 Å². The Morgan fingerprint density at radius 3 is 2.60 bits per heavy atom. The Hall–Kier alpha value is -1.02. The number of alkyl halides is 1. The molecule has 3 heteroatoms. The molecule has 2 nitrogen and oxygen atoms in total. The number of aryl methyl sites for hydroxylation is 1. The van der Waals surface area contributed by atoms with Crippen LogP contribution in [0.5, 0.6) is 0 Å². The molecule has 0 aliphatic rings. The molecule has 1 aromatic rings. The molecule has 0 aliphatic heterocycles. The molecule has 0 saturated heterocycles. The molecule has 0 saturated carbocycles. The molecule has 1 aromatic carbocycles. The highest BCUT2D eigenvalue weighted by Gasteiger charge is 2.13. The van der Waals surface area contributed by atoms with Gasteiger partial charge in [0.25, 0.3) is 0 Å². The van der Waals surface area contributed by atoms with Gasteiger partial charge in [0, 0.05) is 0 Å². The summed E-state index contributed by atoms with van der Waals surface area (Å²) in [7, 11) is 0. The van der Waals surface area contributed by atoms with Gasteiger partial charge in [0.05, 0.1) is 6.04 Å². The van der Waals surface area contributed by atoms with Crippen molar-refractivity contribution in [2.24, 2.45) is 0 Å². The van der Waals surface area contributed by atoms with Gasteiger partial charge < -0.3 is 5.32 Å². The number of carbonyl (C=O) groups excluding carboxylic acids is 1. The molecule has 0 fully saturated rings. The van der Waals surface area contributed by atoms with Gasteiger partial charge in [-0.25, -0.2) is 0 Å². The first-order valence-electron chi connectivity index (χ1n) is 5.01. The fourth-order valence-corrected chi connectivity index (χ4v) is 1.41. The van der Waals surface area contributed by atoms with Crippen molar-refractivity contribution in [1.29, 1.82) is 0 Å². The van der Waals surface area contributed by atoms with Crippen molar-refractivity contribution < 1.29 is 4.79 Å². The monoisotopic (exact) mass is 225 g/mol. The van der Waals surface area contributed by atoms with Crippen LogP contribution in [0.3, 0.4) is 0 Å². The molecule has 82 valence electrons. The van der Waals surface area contributed by atoms with E-state index in [1.54, 1.807) is 6.92 Å². The lowest BCUT2D eigenvalue weighted by Gasteiger charge is -2.15. The Morgan fingerprint density at radius 1 is 1.40 bits per heavy atom. The number of amides is 1. The Balaban J connectivity index is 2.69. The summed E-state index contributed by atoms with van der Waals surface area (Å²) in [6, 6.07) is 8.07. The van der Waals surface area contributed by atoms with Gasteiger partial charge >= 0.3 is 0 Å². The second-order valence-corrected chi connectivity index (χ2v) is 4.42.